The second-order valence-corrected chi connectivity index (χ2v) is 5.66. The minimum atomic E-state index is -0.985. The van der Waals surface area contributed by atoms with Gasteiger partial charge < -0.3 is 10.4 Å². The Morgan fingerprint density at radius 3 is 2.83 bits per heavy atom. The van der Waals surface area contributed by atoms with Gasteiger partial charge >= 0.3 is 5.97 Å². The number of benzene rings is 2. The van der Waals surface area contributed by atoms with Crippen molar-refractivity contribution in [2.75, 3.05) is 5.32 Å². The van der Waals surface area contributed by atoms with Crippen molar-refractivity contribution in [1.29, 1.82) is 0 Å². The number of imidazole rings is 1. The summed E-state index contributed by atoms with van der Waals surface area (Å²) >= 11 is 0. The predicted octanol–water partition coefficient (Wildman–Crippen LogP) is 3.33. The van der Waals surface area contributed by atoms with Crippen molar-refractivity contribution in [2.24, 2.45) is 0 Å². The molecule has 0 saturated heterocycles. The van der Waals surface area contributed by atoms with Gasteiger partial charge in [0, 0.05) is 0 Å². The fourth-order valence-corrected chi connectivity index (χ4v) is 3.03. The van der Waals surface area contributed by atoms with E-state index in [0.717, 1.165) is 22.2 Å². The first-order chi connectivity index (χ1) is 11.1. The maximum absolute atomic E-state index is 11.5. The van der Waals surface area contributed by atoms with Crippen LogP contribution in [0.1, 0.15) is 17.2 Å². The molecule has 114 valence electrons. The smallest absolute Gasteiger partial charge is 0.352 e. The summed E-state index contributed by atoms with van der Waals surface area (Å²) in [5.41, 5.74) is 4.14. The number of carboxylic acid groups (broad SMARTS) is 1. The van der Waals surface area contributed by atoms with Crippen LogP contribution < -0.4 is 5.32 Å². The van der Waals surface area contributed by atoms with Gasteiger partial charge in [-0.15, -0.1) is 0 Å². The first kappa shape index (κ1) is 13.6. The van der Waals surface area contributed by atoms with Crippen molar-refractivity contribution in [1.82, 2.24) is 9.55 Å². The van der Waals surface area contributed by atoms with E-state index in [1.807, 2.05) is 54.0 Å². The molecule has 0 radical (unpaired) electrons. The quantitative estimate of drug-likeness (QED) is 0.762. The average molecular weight is 305 g/mol. The van der Waals surface area contributed by atoms with Gasteiger partial charge in [0.15, 0.2) is 0 Å². The molecule has 5 heteroatoms. The number of nitrogens with zero attached hydrogens (tertiary/aromatic N) is 2. The molecule has 2 heterocycles. The molecule has 0 saturated carbocycles. The molecule has 0 aliphatic carbocycles. The van der Waals surface area contributed by atoms with Gasteiger partial charge in [0.05, 0.1) is 17.1 Å². The molecule has 1 aromatic heterocycles. The average Bonchev–Trinajstić information content (AvgIpc) is 2.92. The molecule has 1 atom stereocenters. The Morgan fingerprint density at radius 2 is 2.04 bits per heavy atom. The van der Waals surface area contributed by atoms with E-state index in [-0.39, 0.29) is 11.7 Å². The molecule has 2 N–H and O–H groups in total. The van der Waals surface area contributed by atoms with Crippen LogP contribution in [-0.2, 0) is 4.79 Å². The molecule has 0 unspecified atom stereocenters. The molecule has 0 fully saturated rings. The van der Waals surface area contributed by atoms with Crippen molar-refractivity contribution in [3.05, 3.63) is 71.4 Å². The molecule has 2 aromatic carbocycles. The molecular formula is C18H15N3O2. The molecular weight excluding hydrogens is 290 g/mol. The summed E-state index contributed by atoms with van der Waals surface area (Å²) < 4.78 is 2.04. The second-order valence-electron chi connectivity index (χ2n) is 5.66. The predicted molar refractivity (Wildman–Crippen MR) is 88.4 cm³/mol. The third-order valence-corrected chi connectivity index (χ3v) is 4.06. The number of carbonyl (C=O) groups is 1. The van der Waals surface area contributed by atoms with Gasteiger partial charge in [0.2, 0.25) is 5.95 Å². The summed E-state index contributed by atoms with van der Waals surface area (Å²) in [5.74, 6) is -0.432. The standard InChI is InChI=1S/C18H15N3O2/c1-11-5-4-6-12(9-11)16-10-14(17(22)23)20-18-19-13-7-2-3-8-15(13)21(16)18/h2-10,16H,1H3,(H,19,20)(H,22,23)/t16-/m0/s1. The first-order valence-corrected chi connectivity index (χ1v) is 7.39. The number of nitrogens with one attached hydrogen (secondary N) is 1. The van der Waals surface area contributed by atoms with Crippen LogP contribution in [0.15, 0.2) is 60.3 Å². The lowest BCUT2D eigenvalue weighted by atomic mass is 10.0. The van der Waals surface area contributed by atoms with Crippen LogP contribution >= 0.6 is 0 Å². The van der Waals surface area contributed by atoms with Crippen LogP contribution in [-0.4, -0.2) is 20.6 Å². The number of hydrogen-bond acceptors (Lipinski definition) is 3. The van der Waals surface area contributed by atoms with Crippen molar-refractivity contribution >= 4 is 23.0 Å². The van der Waals surface area contributed by atoms with Gasteiger partial charge in [-0.1, -0.05) is 42.0 Å². The number of carboxylic acids is 1. The number of aliphatic carboxylic acids is 1. The largest absolute Gasteiger partial charge is 0.477 e. The monoisotopic (exact) mass is 305 g/mol. The molecule has 1 aliphatic heterocycles. The van der Waals surface area contributed by atoms with Crippen molar-refractivity contribution < 1.29 is 9.90 Å². The highest BCUT2D eigenvalue weighted by Gasteiger charge is 2.27. The Morgan fingerprint density at radius 1 is 1.22 bits per heavy atom. The van der Waals surface area contributed by atoms with Gasteiger partial charge in [0.25, 0.3) is 0 Å². The van der Waals surface area contributed by atoms with Crippen LogP contribution in [0.2, 0.25) is 0 Å². The highest BCUT2D eigenvalue weighted by molar-refractivity contribution is 5.92. The number of hydrogen-bond donors (Lipinski definition) is 2. The highest BCUT2D eigenvalue weighted by atomic mass is 16.4. The maximum atomic E-state index is 11.5. The highest BCUT2D eigenvalue weighted by Crippen LogP contribution is 2.34. The van der Waals surface area contributed by atoms with E-state index in [1.54, 1.807) is 6.08 Å². The summed E-state index contributed by atoms with van der Waals surface area (Å²) in [5, 5.41) is 12.3. The van der Waals surface area contributed by atoms with Gasteiger partial charge in [-0.2, -0.15) is 0 Å². The number of aromatic nitrogens is 2. The fraction of sp³-hybridized carbons (Fsp3) is 0.111. The maximum Gasteiger partial charge on any atom is 0.352 e. The lowest BCUT2D eigenvalue weighted by Crippen LogP contribution is -2.23. The summed E-state index contributed by atoms with van der Waals surface area (Å²) in [6.07, 6.45) is 1.73. The number of fused-ring (bicyclic) bond motifs is 3. The Hall–Kier alpha value is -3.08. The van der Waals surface area contributed by atoms with Crippen LogP contribution in [0.4, 0.5) is 5.95 Å². The third kappa shape index (κ3) is 2.17. The van der Waals surface area contributed by atoms with Crippen molar-refractivity contribution in [3.8, 4) is 0 Å². The summed E-state index contributed by atoms with van der Waals surface area (Å²) in [4.78, 5) is 16.0. The van der Waals surface area contributed by atoms with E-state index >= 15 is 0 Å². The van der Waals surface area contributed by atoms with Crippen LogP contribution in [0, 0.1) is 6.92 Å². The number of rotatable bonds is 2. The van der Waals surface area contributed by atoms with E-state index in [0.29, 0.717) is 5.95 Å². The molecule has 0 spiro atoms. The summed E-state index contributed by atoms with van der Waals surface area (Å²) in [7, 11) is 0. The van der Waals surface area contributed by atoms with Crippen LogP contribution in [0.5, 0.6) is 0 Å². The van der Waals surface area contributed by atoms with Crippen LogP contribution in [0.25, 0.3) is 11.0 Å². The molecule has 3 aromatic rings. The van der Waals surface area contributed by atoms with Crippen molar-refractivity contribution in [3.63, 3.8) is 0 Å². The van der Waals surface area contributed by atoms with E-state index in [4.69, 9.17) is 0 Å². The van der Waals surface area contributed by atoms with E-state index in [9.17, 15) is 9.90 Å². The molecule has 4 rings (SSSR count). The van der Waals surface area contributed by atoms with Gasteiger partial charge in [0.1, 0.15) is 5.70 Å². The normalized spacial score (nSPS) is 16.6. The Labute approximate surface area is 132 Å². The summed E-state index contributed by atoms with van der Waals surface area (Å²) in [6, 6.07) is 15.7. The Balaban J connectivity index is 1.98. The molecule has 23 heavy (non-hydrogen) atoms. The summed E-state index contributed by atoms with van der Waals surface area (Å²) in [6.45, 7) is 2.03. The minimum Gasteiger partial charge on any atom is -0.477 e. The van der Waals surface area contributed by atoms with E-state index in [1.165, 1.54) is 0 Å². The van der Waals surface area contributed by atoms with E-state index in [2.05, 4.69) is 16.4 Å². The Kier molecular flexibility index (Phi) is 2.94. The van der Waals surface area contributed by atoms with Crippen molar-refractivity contribution in [2.45, 2.75) is 13.0 Å². The zero-order valence-corrected chi connectivity index (χ0v) is 12.5. The van der Waals surface area contributed by atoms with Gasteiger partial charge in [-0.3, -0.25) is 4.57 Å². The lowest BCUT2D eigenvalue weighted by molar-refractivity contribution is -0.132. The third-order valence-electron chi connectivity index (χ3n) is 4.06. The number of para-hydroxylation sites is 2. The number of allylic oxidation sites excluding steroid dienone is 1. The van der Waals surface area contributed by atoms with Gasteiger partial charge in [-0.05, 0) is 30.7 Å². The lowest BCUT2D eigenvalue weighted by Gasteiger charge is -2.25. The second kappa shape index (κ2) is 4.98. The molecule has 0 bridgehead atoms. The molecule has 0 amide bonds. The van der Waals surface area contributed by atoms with E-state index < -0.39 is 5.97 Å². The fourth-order valence-electron chi connectivity index (χ4n) is 3.03. The zero-order chi connectivity index (χ0) is 16.0. The SMILES string of the molecule is Cc1cccc([C@@H]2C=C(C(=O)O)Nc3nc4ccccc4n32)c1. The minimum absolute atomic E-state index is 0.152. The molecule has 5 nitrogen and oxygen atoms in total. The number of aryl methyl sites for hydroxylation is 1. The number of anilines is 1. The van der Waals surface area contributed by atoms with Gasteiger partial charge in [-0.25, -0.2) is 9.78 Å². The topological polar surface area (TPSA) is 67.2 Å². The zero-order valence-electron chi connectivity index (χ0n) is 12.5. The van der Waals surface area contributed by atoms with Crippen LogP contribution in [0.3, 0.4) is 0 Å². The Bertz CT molecular complexity index is 956. The first-order valence-electron chi connectivity index (χ1n) is 7.39. The molecule has 1 aliphatic rings.